The zero-order valence-electron chi connectivity index (χ0n) is 16.6. The summed E-state index contributed by atoms with van der Waals surface area (Å²) in [6.45, 7) is 4.64. The van der Waals surface area contributed by atoms with Gasteiger partial charge >= 0.3 is 0 Å². The summed E-state index contributed by atoms with van der Waals surface area (Å²) in [6, 6.07) is 15.0. The summed E-state index contributed by atoms with van der Waals surface area (Å²) in [4.78, 5) is 24.6. The third-order valence-corrected chi connectivity index (χ3v) is 5.40. The molecule has 2 N–H and O–H groups in total. The predicted molar refractivity (Wildman–Crippen MR) is 115 cm³/mol. The van der Waals surface area contributed by atoms with Crippen molar-refractivity contribution in [2.75, 3.05) is 5.32 Å². The fourth-order valence-corrected chi connectivity index (χ4v) is 3.56. The lowest BCUT2D eigenvalue weighted by atomic mass is 10.1. The first-order valence-corrected chi connectivity index (χ1v) is 10.5. The van der Waals surface area contributed by atoms with Gasteiger partial charge in [-0.1, -0.05) is 49.4 Å². The molecule has 0 bridgehead atoms. The molecule has 0 spiro atoms. The number of hydrogen-bond acceptors (Lipinski definition) is 5. The second kappa shape index (κ2) is 9.93. The number of hydrogen-bond donors (Lipinski definition) is 2. The van der Waals surface area contributed by atoms with E-state index >= 15 is 0 Å². The van der Waals surface area contributed by atoms with Crippen molar-refractivity contribution in [3.63, 3.8) is 0 Å². The first-order chi connectivity index (χ1) is 14.1. The van der Waals surface area contributed by atoms with Gasteiger partial charge in [0.2, 0.25) is 5.01 Å². The van der Waals surface area contributed by atoms with Crippen molar-refractivity contribution in [2.24, 2.45) is 0 Å². The fraction of sp³-hybridized carbons (Fsp3) is 0.273. The third kappa shape index (κ3) is 5.71. The second-order valence-corrected chi connectivity index (χ2v) is 7.70. The molecule has 0 aliphatic rings. The highest BCUT2D eigenvalue weighted by Crippen LogP contribution is 2.15. The number of nitrogens with zero attached hydrogens (tertiary/aromatic N) is 2. The first-order valence-electron chi connectivity index (χ1n) is 9.68. The number of carbonyl (C=O) groups excluding carboxylic acids is 2. The number of benzene rings is 2. The lowest BCUT2D eigenvalue weighted by Gasteiger charge is -2.07. The Morgan fingerprint density at radius 1 is 0.897 bits per heavy atom. The summed E-state index contributed by atoms with van der Waals surface area (Å²) >= 11 is 1.30. The van der Waals surface area contributed by atoms with Crippen LogP contribution in [0.2, 0.25) is 0 Å². The Hall–Kier alpha value is -3.06. The Balaban J connectivity index is 1.54. The molecular weight excluding hydrogens is 384 g/mol. The number of carbonyl (C=O) groups is 2. The number of rotatable bonds is 8. The molecule has 0 fully saturated rings. The molecule has 0 atom stereocenters. The minimum Gasteiger partial charge on any atom is -0.348 e. The van der Waals surface area contributed by atoms with Gasteiger partial charge in [-0.2, -0.15) is 0 Å². The van der Waals surface area contributed by atoms with E-state index in [0.717, 1.165) is 29.8 Å². The lowest BCUT2D eigenvalue weighted by molar-refractivity contribution is 0.0950. The van der Waals surface area contributed by atoms with Crippen molar-refractivity contribution >= 4 is 28.8 Å². The quantitative estimate of drug-likeness (QED) is 0.584. The van der Waals surface area contributed by atoms with Crippen LogP contribution in [-0.4, -0.2) is 22.0 Å². The molecule has 1 aromatic heterocycles. The Bertz CT molecular complexity index is 965. The van der Waals surface area contributed by atoms with Crippen LogP contribution in [0.15, 0.2) is 48.5 Å². The fourth-order valence-electron chi connectivity index (χ4n) is 2.73. The average molecular weight is 409 g/mol. The van der Waals surface area contributed by atoms with E-state index in [9.17, 15) is 9.59 Å². The van der Waals surface area contributed by atoms with Gasteiger partial charge in [0.25, 0.3) is 11.8 Å². The Morgan fingerprint density at radius 2 is 1.59 bits per heavy atom. The Kier molecular flexibility index (Phi) is 7.08. The number of aromatic nitrogens is 2. The topological polar surface area (TPSA) is 84.0 Å². The molecule has 0 saturated heterocycles. The minimum absolute atomic E-state index is 0.157. The molecule has 3 rings (SSSR count). The molecule has 3 aromatic rings. The number of aryl methyl sites for hydroxylation is 2. The SMILES string of the molecule is CCCc1nnc(C(=O)Nc2ccc(C(=O)NCc3ccc(CC)cc3)cc2)s1. The molecule has 0 radical (unpaired) electrons. The van der Waals surface area contributed by atoms with Crippen LogP contribution >= 0.6 is 11.3 Å². The number of anilines is 1. The van der Waals surface area contributed by atoms with Crippen molar-refractivity contribution in [2.45, 2.75) is 39.7 Å². The van der Waals surface area contributed by atoms with Gasteiger partial charge in [0.1, 0.15) is 5.01 Å². The van der Waals surface area contributed by atoms with E-state index in [2.05, 4.69) is 46.8 Å². The monoisotopic (exact) mass is 408 g/mol. The Labute approximate surface area is 174 Å². The number of amides is 2. The molecule has 0 aliphatic heterocycles. The molecular formula is C22H24N4O2S. The van der Waals surface area contributed by atoms with Gasteiger partial charge in [0.05, 0.1) is 0 Å². The lowest BCUT2D eigenvalue weighted by Crippen LogP contribution is -2.22. The van der Waals surface area contributed by atoms with Crippen LogP contribution < -0.4 is 10.6 Å². The van der Waals surface area contributed by atoms with Gasteiger partial charge < -0.3 is 10.6 Å². The zero-order chi connectivity index (χ0) is 20.6. The van der Waals surface area contributed by atoms with Gasteiger partial charge in [-0.05, 0) is 48.2 Å². The van der Waals surface area contributed by atoms with Crippen LogP contribution in [0.5, 0.6) is 0 Å². The van der Waals surface area contributed by atoms with E-state index < -0.39 is 0 Å². The average Bonchev–Trinajstić information content (AvgIpc) is 3.22. The summed E-state index contributed by atoms with van der Waals surface area (Å²) in [5.41, 5.74) is 3.47. The van der Waals surface area contributed by atoms with E-state index in [0.29, 0.717) is 22.8 Å². The van der Waals surface area contributed by atoms with Crippen molar-refractivity contribution in [3.8, 4) is 0 Å². The zero-order valence-corrected chi connectivity index (χ0v) is 17.4. The first kappa shape index (κ1) is 20.7. The molecule has 0 unspecified atom stereocenters. The minimum atomic E-state index is -0.294. The summed E-state index contributed by atoms with van der Waals surface area (Å²) in [6.07, 6.45) is 2.77. The van der Waals surface area contributed by atoms with Gasteiger partial charge in [0, 0.05) is 24.2 Å². The summed E-state index contributed by atoms with van der Waals surface area (Å²) in [5, 5.41) is 14.8. The maximum absolute atomic E-state index is 12.3. The summed E-state index contributed by atoms with van der Waals surface area (Å²) < 4.78 is 0. The van der Waals surface area contributed by atoms with Crippen LogP contribution in [0.3, 0.4) is 0 Å². The molecule has 2 amide bonds. The highest BCUT2D eigenvalue weighted by Gasteiger charge is 2.13. The third-order valence-electron chi connectivity index (χ3n) is 4.41. The Morgan fingerprint density at radius 3 is 2.24 bits per heavy atom. The standard InChI is InChI=1S/C22H24N4O2S/c1-3-5-19-25-26-22(29-19)21(28)24-18-12-10-17(11-13-18)20(27)23-14-16-8-6-15(4-2)7-9-16/h6-13H,3-5,14H2,1-2H3,(H,23,27)(H,24,28). The normalized spacial score (nSPS) is 10.6. The van der Waals surface area contributed by atoms with Crippen molar-refractivity contribution < 1.29 is 9.59 Å². The van der Waals surface area contributed by atoms with Crippen LogP contribution in [-0.2, 0) is 19.4 Å². The maximum Gasteiger partial charge on any atom is 0.286 e. The van der Waals surface area contributed by atoms with Crippen LogP contribution in [0.25, 0.3) is 0 Å². The van der Waals surface area contributed by atoms with Crippen LogP contribution in [0.1, 0.15) is 56.6 Å². The molecule has 29 heavy (non-hydrogen) atoms. The highest BCUT2D eigenvalue weighted by atomic mass is 32.1. The van der Waals surface area contributed by atoms with Crippen molar-refractivity contribution in [1.82, 2.24) is 15.5 Å². The molecule has 2 aromatic carbocycles. The predicted octanol–water partition coefficient (Wildman–Crippen LogP) is 4.24. The van der Waals surface area contributed by atoms with E-state index in [1.807, 2.05) is 12.1 Å². The molecule has 0 saturated carbocycles. The second-order valence-electron chi connectivity index (χ2n) is 6.64. The van der Waals surface area contributed by atoms with Crippen LogP contribution in [0, 0.1) is 0 Å². The van der Waals surface area contributed by atoms with Gasteiger partial charge in [0.15, 0.2) is 0 Å². The molecule has 150 valence electrons. The van der Waals surface area contributed by atoms with Crippen LogP contribution in [0.4, 0.5) is 5.69 Å². The molecule has 7 heteroatoms. The smallest absolute Gasteiger partial charge is 0.286 e. The maximum atomic E-state index is 12.3. The molecule has 0 aliphatic carbocycles. The summed E-state index contributed by atoms with van der Waals surface area (Å²) in [7, 11) is 0. The molecule has 1 heterocycles. The van der Waals surface area contributed by atoms with E-state index in [1.165, 1.54) is 16.9 Å². The van der Waals surface area contributed by atoms with E-state index in [4.69, 9.17) is 0 Å². The highest BCUT2D eigenvalue weighted by molar-refractivity contribution is 7.13. The summed E-state index contributed by atoms with van der Waals surface area (Å²) in [5.74, 6) is -0.451. The van der Waals surface area contributed by atoms with Gasteiger partial charge in [-0.15, -0.1) is 10.2 Å². The van der Waals surface area contributed by atoms with Gasteiger partial charge in [-0.3, -0.25) is 9.59 Å². The molecule has 6 nitrogen and oxygen atoms in total. The van der Waals surface area contributed by atoms with E-state index in [-0.39, 0.29) is 11.8 Å². The van der Waals surface area contributed by atoms with Crippen molar-refractivity contribution in [3.05, 3.63) is 75.2 Å². The van der Waals surface area contributed by atoms with Crippen molar-refractivity contribution in [1.29, 1.82) is 0 Å². The largest absolute Gasteiger partial charge is 0.348 e. The van der Waals surface area contributed by atoms with Gasteiger partial charge in [-0.25, -0.2) is 0 Å². The van der Waals surface area contributed by atoms with E-state index in [1.54, 1.807) is 24.3 Å². The number of nitrogens with one attached hydrogen (secondary N) is 2.